The van der Waals surface area contributed by atoms with Gasteiger partial charge in [-0.3, -0.25) is 4.90 Å². The zero-order valence-electron chi connectivity index (χ0n) is 20.7. The van der Waals surface area contributed by atoms with Crippen LogP contribution >= 0.6 is 0 Å². The van der Waals surface area contributed by atoms with Crippen LogP contribution in [0.4, 0.5) is 4.79 Å². The van der Waals surface area contributed by atoms with Gasteiger partial charge in [0.15, 0.2) is 11.5 Å². The molecule has 36 heavy (non-hydrogen) atoms. The molecule has 3 aromatic rings. The summed E-state index contributed by atoms with van der Waals surface area (Å²) in [6.07, 6.45) is 1.66. The first-order valence-corrected chi connectivity index (χ1v) is 12.3. The quantitative estimate of drug-likeness (QED) is 0.424. The van der Waals surface area contributed by atoms with E-state index < -0.39 is 6.04 Å². The number of aryl methyl sites for hydroxylation is 1. The van der Waals surface area contributed by atoms with Crippen LogP contribution in [-0.4, -0.2) is 47.6 Å². The number of urea groups is 1. The summed E-state index contributed by atoms with van der Waals surface area (Å²) in [6, 6.07) is 13.2. The number of nitrogens with zero attached hydrogens (tertiary/aromatic N) is 3. The third kappa shape index (κ3) is 4.66. The Morgan fingerprint density at radius 1 is 1.11 bits per heavy atom. The number of rotatable bonds is 9. The number of benzene rings is 2. The van der Waals surface area contributed by atoms with E-state index in [4.69, 9.17) is 23.7 Å². The Kier molecular flexibility index (Phi) is 6.90. The number of amides is 2. The van der Waals surface area contributed by atoms with Gasteiger partial charge in [-0.1, -0.05) is 36.3 Å². The summed E-state index contributed by atoms with van der Waals surface area (Å²) in [6.45, 7) is 7.94. The smallest absolute Gasteiger partial charge is 0.322 e. The van der Waals surface area contributed by atoms with Gasteiger partial charge in [0.2, 0.25) is 12.6 Å². The first kappa shape index (κ1) is 23.9. The summed E-state index contributed by atoms with van der Waals surface area (Å²) in [5.41, 5.74) is 4.48. The lowest BCUT2D eigenvalue weighted by atomic mass is 9.93. The van der Waals surface area contributed by atoms with Gasteiger partial charge >= 0.3 is 6.03 Å². The standard InChI is InChI=1S/C27H30N4O5/c1-4-18-7-9-19(10-8-18)24-23(17(3)31(27(32)28-24)13-6-14-33-5-2)26-29-25(30-36-26)20-11-12-21-22(15-20)35-16-34-21/h7-12,15,24H,4-6,13-14,16H2,1-3H3,(H,28,32). The number of nitrogens with one attached hydrogen (secondary N) is 1. The van der Waals surface area contributed by atoms with Crippen molar-refractivity contribution in [3.63, 3.8) is 0 Å². The second-order valence-corrected chi connectivity index (χ2v) is 8.67. The largest absolute Gasteiger partial charge is 0.454 e. The predicted molar refractivity (Wildman–Crippen MR) is 133 cm³/mol. The molecule has 2 amide bonds. The second kappa shape index (κ2) is 10.4. The monoisotopic (exact) mass is 490 g/mol. The third-order valence-corrected chi connectivity index (χ3v) is 6.48. The molecule has 0 aliphatic carbocycles. The lowest BCUT2D eigenvalue weighted by Crippen LogP contribution is -2.46. The molecule has 1 aromatic heterocycles. The second-order valence-electron chi connectivity index (χ2n) is 8.67. The molecule has 0 fully saturated rings. The Balaban J connectivity index is 1.51. The first-order chi connectivity index (χ1) is 17.6. The molecule has 0 spiro atoms. The van der Waals surface area contributed by atoms with E-state index in [0.717, 1.165) is 28.8 Å². The summed E-state index contributed by atoms with van der Waals surface area (Å²) in [5.74, 6) is 2.13. The molecule has 9 heteroatoms. The van der Waals surface area contributed by atoms with E-state index in [0.29, 0.717) is 49.4 Å². The van der Waals surface area contributed by atoms with Crippen LogP contribution in [0, 0.1) is 0 Å². The highest BCUT2D eigenvalue weighted by Gasteiger charge is 2.35. The average molecular weight is 491 g/mol. The average Bonchev–Trinajstić information content (AvgIpc) is 3.57. The maximum absolute atomic E-state index is 13.1. The van der Waals surface area contributed by atoms with Crippen molar-refractivity contribution in [1.82, 2.24) is 20.4 Å². The van der Waals surface area contributed by atoms with Crippen molar-refractivity contribution in [3.8, 4) is 22.9 Å². The lowest BCUT2D eigenvalue weighted by Gasteiger charge is -2.35. The van der Waals surface area contributed by atoms with Gasteiger partial charge in [0.1, 0.15) is 0 Å². The molecule has 2 aliphatic heterocycles. The molecular formula is C27H30N4O5. The van der Waals surface area contributed by atoms with Gasteiger partial charge in [-0.2, -0.15) is 4.98 Å². The van der Waals surface area contributed by atoms with Crippen molar-refractivity contribution < 1.29 is 23.5 Å². The Labute approximate surface area is 210 Å². The summed E-state index contributed by atoms with van der Waals surface area (Å²) >= 11 is 0. The Bertz CT molecular complexity index is 1270. The van der Waals surface area contributed by atoms with Crippen LogP contribution in [0.1, 0.15) is 50.3 Å². The number of ether oxygens (including phenoxy) is 3. The molecule has 1 N–H and O–H groups in total. The number of hydrogen-bond acceptors (Lipinski definition) is 7. The lowest BCUT2D eigenvalue weighted by molar-refractivity contribution is 0.136. The molecule has 0 saturated carbocycles. The van der Waals surface area contributed by atoms with Crippen molar-refractivity contribution in [2.75, 3.05) is 26.6 Å². The van der Waals surface area contributed by atoms with Crippen molar-refractivity contribution >= 4 is 11.6 Å². The predicted octanol–water partition coefficient (Wildman–Crippen LogP) is 4.95. The minimum Gasteiger partial charge on any atom is -0.454 e. The molecule has 0 bridgehead atoms. The fourth-order valence-electron chi connectivity index (χ4n) is 4.48. The van der Waals surface area contributed by atoms with Crippen molar-refractivity contribution in [1.29, 1.82) is 0 Å². The number of carbonyl (C=O) groups excluding carboxylic acids is 1. The van der Waals surface area contributed by atoms with Crippen molar-refractivity contribution in [3.05, 3.63) is 65.2 Å². The van der Waals surface area contributed by atoms with E-state index in [2.05, 4.69) is 29.5 Å². The maximum Gasteiger partial charge on any atom is 0.322 e. The topological polar surface area (TPSA) is 99.0 Å². The van der Waals surface area contributed by atoms with Crippen molar-refractivity contribution in [2.24, 2.45) is 0 Å². The summed E-state index contributed by atoms with van der Waals surface area (Å²) in [5, 5.41) is 7.39. The van der Waals surface area contributed by atoms with E-state index in [1.165, 1.54) is 5.56 Å². The molecule has 2 aliphatic rings. The Morgan fingerprint density at radius 3 is 2.69 bits per heavy atom. The number of allylic oxidation sites excluding steroid dienone is 1. The van der Waals surface area contributed by atoms with Crippen LogP contribution in [0.15, 0.2) is 52.7 Å². The van der Waals surface area contributed by atoms with Gasteiger partial charge in [0, 0.05) is 31.0 Å². The molecule has 1 unspecified atom stereocenters. The fourth-order valence-corrected chi connectivity index (χ4v) is 4.48. The number of carbonyl (C=O) groups is 1. The van der Waals surface area contributed by atoms with E-state index in [-0.39, 0.29) is 12.8 Å². The SMILES string of the molecule is CCOCCCN1C(=O)NC(c2ccc(CC)cc2)C(c2nc(-c3ccc4c(c3)OCO4)no2)=C1C. The zero-order chi connectivity index (χ0) is 25.1. The van der Waals surface area contributed by atoms with Gasteiger partial charge in [-0.25, -0.2) is 4.79 Å². The number of aromatic nitrogens is 2. The van der Waals surface area contributed by atoms with Gasteiger partial charge in [0.25, 0.3) is 5.89 Å². The highest BCUT2D eigenvalue weighted by molar-refractivity contribution is 5.86. The van der Waals surface area contributed by atoms with Gasteiger partial charge < -0.3 is 24.1 Å². The molecule has 1 atom stereocenters. The highest BCUT2D eigenvalue weighted by Crippen LogP contribution is 2.39. The van der Waals surface area contributed by atoms with Gasteiger partial charge in [-0.15, -0.1) is 0 Å². The van der Waals surface area contributed by atoms with Crippen LogP contribution < -0.4 is 14.8 Å². The molecule has 0 saturated heterocycles. The molecular weight excluding hydrogens is 460 g/mol. The third-order valence-electron chi connectivity index (χ3n) is 6.48. The maximum atomic E-state index is 13.1. The number of fused-ring (bicyclic) bond motifs is 1. The summed E-state index contributed by atoms with van der Waals surface area (Å²) in [7, 11) is 0. The Hall–Kier alpha value is -3.85. The van der Waals surface area contributed by atoms with E-state index in [1.54, 1.807) is 4.90 Å². The zero-order valence-corrected chi connectivity index (χ0v) is 20.7. The molecule has 0 radical (unpaired) electrons. The number of hydrogen-bond donors (Lipinski definition) is 1. The normalized spacial score (nSPS) is 17.0. The van der Waals surface area contributed by atoms with E-state index in [1.807, 2.05) is 44.2 Å². The minimum atomic E-state index is -0.420. The molecule has 2 aromatic carbocycles. The molecule has 188 valence electrons. The van der Waals surface area contributed by atoms with Crippen molar-refractivity contribution in [2.45, 2.75) is 39.7 Å². The molecule has 3 heterocycles. The first-order valence-electron chi connectivity index (χ1n) is 12.3. The highest BCUT2D eigenvalue weighted by atomic mass is 16.7. The van der Waals surface area contributed by atoms with Crippen LogP contribution in [-0.2, 0) is 11.2 Å². The molecule has 5 rings (SSSR count). The van der Waals surface area contributed by atoms with Crippen LogP contribution in [0.3, 0.4) is 0 Å². The van der Waals surface area contributed by atoms with E-state index >= 15 is 0 Å². The van der Waals surface area contributed by atoms with Crippen LogP contribution in [0.25, 0.3) is 17.0 Å². The summed E-state index contributed by atoms with van der Waals surface area (Å²) < 4.78 is 22.1. The fraction of sp³-hybridized carbons (Fsp3) is 0.370. The molecule has 9 nitrogen and oxygen atoms in total. The van der Waals surface area contributed by atoms with E-state index in [9.17, 15) is 4.79 Å². The van der Waals surface area contributed by atoms with Crippen LogP contribution in [0.5, 0.6) is 11.5 Å². The van der Waals surface area contributed by atoms with Gasteiger partial charge in [-0.05, 0) is 56.0 Å². The summed E-state index contributed by atoms with van der Waals surface area (Å²) in [4.78, 5) is 19.6. The van der Waals surface area contributed by atoms with Gasteiger partial charge in [0.05, 0.1) is 11.6 Å². The Morgan fingerprint density at radius 2 is 1.92 bits per heavy atom. The van der Waals surface area contributed by atoms with Crippen LogP contribution in [0.2, 0.25) is 0 Å². The minimum absolute atomic E-state index is 0.159.